The Morgan fingerprint density at radius 3 is 2.77 bits per heavy atom. The second-order valence-corrected chi connectivity index (χ2v) is 5.43. The normalized spacial score (nSPS) is 12.5. The Labute approximate surface area is 128 Å². The van der Waals surface area contributed by atoms with E-state index < -0.39 is 0 Å². The van der Waals surface area contributed by atoms with Gasteiger partial charge in [0.15, 0.2) is 5.76 Å². The summed E-state index contributed by atoms with van der Waals surface area (Å²) in [6, 6.07) is 6.21. The monoisotopic (exact) mass is 301 g/mol. The average Bonchev–Trinajstić information content (AvgIpc) is 3.10. The van der Waals surface area contributed by atoms with Crippen molar-refractivity contribution in [2.24, 2.45) is 0 Å². The van der Waals surface area contributed by atoms with Crippen LogP contribution in [-0.2, 0) is 0 Å². The van der Waals surface area contributed by atoms with Crippen LogP contribution in [0.1, 0.15) is 24.2 Å². The Morgan fingerprint density at radius 2 is 2.14 bits per heavy atom. The Balaban J connectivity index is 2.11. The molecule has 0 saturated carbocycles. The van der Waals surface area contributed by atoms with Gasteiger partial charge in [-0.1, -0.05) is 13.0 Å². The largest absolute Gasteiger partial charge is 0.496 e. The molecule has 0 saturated heterocycles. The molecule has 0 amide bonds. The molecule has 22 heavy (non-hydrogen) atoms. The number of ether oxygens (including phenoxy) is 1. The van der Waals surface area contributed by atoms with Crippen molar-refractivity contribution in [3.05, 3.63) is 35.7 Å². The highest BCUT2D eigenvalue weighted by atomic mass is 16.5. The minimum Gasteiger partial charge on any atom is -0.496 e. The summed E-state index contributed by atoms with van der Waals surface area (Å²) in [7, 11) is 5.27. The van der Waals surface area contributed by atoms with Crippen LogP contribution in [0.25, 0.3) is 10.9 Å². The van der Waals surface area contributed by atoms with Crippen molar-refractivity contribution < 1.29 is 14.3 Å². The fourth-order valence-electron chi connectivity index (χ4n) is 2.62. The highest BCUT2D eigenvalue weighted by Crippen LogP contribution is 2.39. The molecule has 0 aliphatic heterocycles. The first kappa shape index (κ1) is 14.3. The number of oxazole rings is 1. The van der Waals surface area contributed by atoms with E-state index in [-0.39, 0.29) is 11.8 Å². The SMILES string of the molecule is COc1cccc2[nH]cc(C(C)c3oc(N(C)C)nc3O)c12. The lowest BCUT2D eigenvalue weighted by Gasteiger charge is -2.10. The van der Waals surface area contributed by atoms with E-state index >= 15 is 0 Å². The number of aromatic amines is 1. The van der Waals surface area contributed by atoms with Crippen LogP contribution < -0.4 is 9.64 Å². The van der Waals surface area contributed by atoms with E-state index in [1.807, 2.05) is 45.4 Å². The Bertz CT molecular complexity index is 804. The molecule has 0 spiro atoms. The molecule has 0 fully saturated rings. The van der Waals surface area contributed by atoms with Gasteiger partial charge in [0.25, 0.3) is 11.9 Å². The zero-order chi connectivity index (χ0) is 15.9. The lowest BCUT2D eigenvalue weighted by atomic mass is 9.97. The topological polar surface area (TPSA) is 74.5 Å². The minimum atomic E-state index is -0.161. The third-order valence-corrected chi connectivity index (χ3v) is 3.78. The molecule has 3 aromatic rings. The molecule has 1 aromatic carbocycles. The summed E-state index contributed by atoms with van der Waals surface area (Å²) < 4.78 is 11.1. The number of rotatable bonds is 4. The van der Waals surface area contributed by atoms with Crippen LogP contribution in [0.5, 0.6) is 11.6 Å². The number of H-pyrrole nitrogens is 1. The van der Waals surface area contributed by atoms with E-state index in [0.717, 1.165) is 22.2 Å². The molecule has 2 aromatic heterocycles. The van der Waals surface area contributed by atoms with Gasteiger partial charge in [0.1, 0.15) is 5.75 Å². The third-order valence-electron chi connectivity index (χ3n) is 3.78. The number of aromatic nitrogens is 2. The second kappa shape index (κ2) is 5.29. The maximum atomic E-state index is 10.1. The van der Waals surface area contributed by atoms with Crippen LogP contribution in [0.3, 0.4) is 0 Å². The lowest BCUT2D eigenvalue weighted by molar-refractivity contribution is 0.416. The summed E-state index contributed by atoms with van der Waals surface area (Å²) in [6.07, 6.45) is 1.91. The number of benzene rings is 1. The number of nitrogens with one attached hydrogen (secondary N) is 1. The summed E-state index contributed by atoms with van der Waals surface area (Å²) in [6.45, 7) is 1.97. The summed E-state index contributed by atoms with van der Waals surface area (Å²) in [5.41, 5.74) is 1.97. The standard InChI is InChI=1S/C16H19N3O3/c1-9(14-15(20)18-16(22-14)19(2)3)10-8-17-11-6-5-7-12(21-4)13(10)11/h5-9,17,20H,1-4H3. The van der Waals surface area contributed by atoms with Gasteiger partial charge >= 0.3 is 0 Å². The molecule has 0 bridgehead atoms. The molecule has 3 rings (SSSR count). The number of fused-ring (bicyclic) bond motifs is 1. The fraction of sp³-hybridized carbons (Fsp3) is 0.312. The fourth-order valence-corrected chi connectivity index (χ4v) is 2.62. The molecule has 2 N–H and O–H groups in total. The van der Waals surface area contributed by atoms with E-state index in [2.05, 4.69) is 9.97 Å². The quantitative estimate of drug-likeness (QED) is 0.774. The maximum Gasteiger partial charge on any atom is 0.300 e. The van der Waals surface area contributed by atoms with Gasteiger partial charge in [0.2, 0.25) is 0 Å². The number of nitrogens with zero attached hydrogens (tertiary/aromatic N) is 2. The van der Waals surface area contributed by atoms with Gasteiger partial charge in [0, 0.05) is 37.1 Å². The zero-order valence-corrected chi connectivity index (χ0v) is 13.0. The summed E-state index contributed by atoms with van der Waals surface area (Å²) in [5, 5.41) is 11.1. The zero-order valence-electron chi connectivity index (χ0n) is 13.0. The van der Waals surface area contributed by atoms with Crippen LogP contribution in [-0.4, -0.2) is 36.3 Å². The number of hydrogen-bond donors (Lipinski definition) is 2. The lowest BCUT2D eigenvalue weighted by Crippen LogP contribution is -2.08. The molecule has 6 nitrogen and oxygen atoms in total. The highest BCUT2D eigenvalue weighted by Gasteiger charge is 2.24. The van der Waals surface area contributed by atoms with Gasteiger partial charge in [-0.2, -0.15) is 4.98 Å². The van der Waals surface area contributed by atoms with Crippen molar-refractivity contribution in [1.82, 2.24) is 9.97 Å². The highest BCUT2D eigenvalue weighted by molar-refractivity contribution is 5.90. The summed E-state index contributed by atoms with van der Waals surface area (Å²) in [4.78, 5) is 8.98. The Kier molecular flexibility index (Phi) is 3.44. The van der Waals surface area contributed by atoms with Gasteiger partial charge < -0.3 is 24.1 Å². The van der Waals surface area contributed by atoms with Gasteiger partial charge in [0.05, 0.1) is 7.11 Å². The second-order valence-electron chi connectivity index (χ2n) is 5.43. The van der Waals surface area contributed by atoms with E-state index in [1.165, 1.54) is 0 Å². The van der Waals surface area contributed by atoms with Gasteiger partial charge in [-0.15, -0.1) is 0 Å². The van der Waals surface area contributed by atoms with Gasteiger partial charge in [-0.3, -0.25) is 0 Å². The van der Waals surface area contributed by atoms with Crippen LogP contribution in [0.15, 0.2) is 28.8 Å². The Hall–Kier alpha value is -2.63. The van der Waals surface area contributed by atoms with E-state index in [4.69, 9.17) is 9.15 Å². The Morgan fingerprint density at radius 1 is 1.36 bits per heavy atom. The molecule has 2 heterocycles. The molecule has 1 atom stereocenters. The van der Waals surface area contributed by atoms with Crippen molar-refractivity contribution in [3.63, 3.8) is 0 Å². The van der Waals surface area contributed by atoms with E-state index in [0.29, 0.717) is 11.8 Å². The average molecular weight is 301 g/mol. The first-order chi connectivity index (χ1) is 10.5. The number of methoxy groups -OCH3 is 1. The first-order valence-corrected chi connectivity index (χ1v) is 7.04. The minimum absolute atomic E-state index is 0.0829. The van der Waals surface area contributed by atoms with Crippen molar-refractivity contribution in [1.29, 1.82) is 0 Å². The van der Waals surface area contributed by atoms with Crippen LogP contribution in [0, 0.1) is 0 Å². The van der Waals surface area contributed by atoms with Crippen molar-refractivity contribution >= 4 is 16.9 Å². The van der Waals surface area contributed by atoms with Gasteiger partial charge in [-0.05, 0) is 17.7 Å². The van der Waals surface area contributed by atoms with Crippen LogP contribution >= 0.6 is 0 Å². The number of aromatic hydroxyl groups is 1. The molecule has 6 heteroatoms. The molecule has 0 aliphatic carbocycles. The molecule has 0 radical (unpaired) electrons. The smallest absolute Gasteiger partial charge is 0.300 e. The first-order valence-electron chi connectivity index (χ1n) is 7.04. The molecule has 116 valence electrons. The van der Waals surface area contributed by atoms with Gasteiger partial charge in [-0.25, -0.2) is 0 Å². The van der Waals surface area contributed by atoms with Crippen molar-refractivity contribution in [2.45, 2.75) is 12.8 Å². The summed E-state index contributed by atoms with van der Waals surface area (Å²) >= 11 is 0. The number of hydrogen-bond acceptors (Lipinski definition) is 5. The van der Waals surface area contributed by atoms with Crippen molar-refractivity contribution in [3.8, 4) is 11.6 Å². The molecule has 0 aliphatic rings. The molecular weight excluding hydrogens is 282 g/mol. The molecule has 1 unspecified atom stereocenters. The summed E-state index contributed by atoms with van der Waals surface area (Å²) in [5.74, 6) is 0.981. The van der Waals surface area contributed by atoms with Crippen molar-refractivity contribution in [2.75, 3.05) is 26.1 Å². The predicted octanol–water partition coefficient (Wildman–Crippen LogP) is 3.09. The van der Waals surface area contributed by atoms with E-state index in [1.54, 1.807) is 12.0 Å². The predicted molar refractivity (Wildman–Crippen MR) is 84.9 cm³/mol. The number of anilines is 1. The van der Waals surface area contributed by atoms with Crippen LogP contribution in [0.4, 0.5) is 6.01 Å². The third kappa shape index (κ3) is 2.16. The molecular formula is C16H19N3O3. The van der Waals surface area contributed by atoms with Crippen LogP contribution in [0.2, 0.25) is 0 Å². The maximum absolute atomic E-state index is 10.1. The van der Waals surface area contributed by atoms with E-state index in [9.17, 15) is 5.11 Å².